The minimum atomic E-state index is 0.0557. The number of carbonyl (C=O) groups excluding carboxylic acids is 1. The SMILES string of the molecule is Cc1nc(-c2ccc(CCNC(=O)C3CC3c3ccccc3Cl)cc2)cs1. The van der Waals surface area contributed by atoms with Crippen molar-refractivity contribution in [2.24, 2.45) is 5.92 Å². The Morgan fingerprint density at radius 1 is 1.22 bits per heavy atom. The summed E-state index contributed by atoms with van der Waals surface area (Å²) in [4.78, 5) is 16.9. The van der Waals surface area contributed by atoms with Crippen LogP contribution < -0.4 is 5.32 Å². The molecule has 0 radical (unpaired) electrons. The molecule has 2 atom stereocenters. The Labute approximate surface area is 168 Å². The van der Waals surface area contributed by atoms with Crippen molar-refractivity contribution in [2.75, 3.05) is 6.54 Å². The van der Waals surface area contributed by atoms with Crippen LogP contribution >= 0.6 is 22.9 Å². The summed E-state index contributed by atoms with van der Waals surface area (Å²) in [5, 5.41) is 6.98. The number of aryl methyl sites for hydroxylation is 1. The summed E-state index contributed by atoms with van der Waals surface area (Å²) < 4.78 is 0. The number of nitrogens with zero attached hydrogens (tertiary/aromatic N) is 1. The van der Waals surface area contributed by atoms with Crippen molar-refractivity contribution >= 4 is 28.8 Å². The summed E-state index contributed by atoms with van der Waals surface area (Å²) in [5.41, 5.74) is 4.46. The van der Waals surface area contributed by atoms with Crippen LogP contribution in [0.5, 0.6) is 0 Å². The molecule has 1 aliphatic rings. The molecule has 5 heteroatoms. The monoisotopic (exact) mass is 396 g/mol. The second kappa shape index (κ2) is 7.83. The number of carbonyl (C=O) groups is 1. The highest BCUT2D eigenvalue weighted by molar-refractivity contribution is 7.09. The Morgan fingerprint density at radius 2 is 2.00 bits per heavy atom. The molecule has 0 saturated heterocycles. The Balaban J connectivity index is 1.27. The Hall–Kier alpha value is -2.17. The van der Waals surface area contributed by atoms with Gasteiger partial charge in [0.2, 0.25) is 5.91 Å². The first-order valence-electron chi connectivity index (χ1n) is 9.15. The lowest BCUT2D eigenvalue weighted by molar-refractivity contribution is -0.122. The fourth-order valence-electron chi connectivity index (χ4n) is 3.40. The molecule has 138 valence electrons. The van der Waals surface area contributed by atoms with Crippen LogP contribution in [0.4, 0.5) is 0 Å². The number of thiazole rings is 1. The van der Waals surface area contributed by atoms with E-state index in [1.807, 2.05) is 31.2 Å². The maximum Gasteiger partial charge on any atom is 0.223 e. The minimum absolute atomic E-state index is 0.0557. The normalized spacial score (nSPS) is 18.3. The molecule has 0 bridgehead atoms. The zero-order valence-corrected chi connectivity index (χ0v) is 16.7. The van der Waals surface area contributed by atoms with Crippen LogP contribution in [0.25, 0.3) is 11.3 Å². The van der Waals surface area contributed by atoms with Crippen LogP contribution in [-0.2, 0) is 11.2 Å². The van der Waals surface area contributed by atoms with E-state index in [4.69, 9.17) is 11.6 Å². The lowest BCUT2D eigenvalue weighted by atomic mass is 10.1. The van der Waals surface area contributed by atoms with Gasteiger partial charge in [-0.05, 0) is 42.9 Å². The molecule has 1 fully saturated rings. The smallest absolute Gasteiger partial charge is 0.223 e. The van der Waals surface area contributed by atoms with Gasteiger partial charge in [0, 0.05) is 28.4 Å². The highest BCUT2D eigenvalue weighted by atomic mass is 35.5. The topological polar surface area (TPSA) is 42.0 Å². The standard InChI is InChI=1S/C22H21ClN2OS/c1-14-25-21(13-27-14)16-8-6-15(7-9-16)10-11-24-22(26)19-12-18(19)17-4-2-3-5-20(17)23/h2-9,13,18-19H,10-12H2,1H3,(H,24,26). The van der Waals surface area contributed by atoms with Crippen molar-refractivity contribution in [2.45, 2.75) is 25.7 Å². The third kappa shape index (κ3) is 4.23. The zero-order valence-electron chi connectivity index (χ0n) is 15.1. The average molecular weight is 397 g/mol. The van der Waals surface area contributed by atoms with Crippen LogP contribution in [0, 0.1) is 12.8 Å². The second-order valence-corrected chi connectivity index (χ2v) is 8.43. The van der Waals surface area contributed by atoms with E-state index in [0.29, 0.717) is 6.54 Å². The maximum absolute atomic E-state index is 12.4. The van der Waals surface area contributed by atoms with Crippen molar-refractivity contribution in [1.29, 1.82) is 0 Å². The molecule has 1 heterocycles. The van der Waals surface area contributed by atoms with Gasteiger partial charge in [-0.25, -0.2) is 4.98 Å². The molecule has 0 aliphatic heterocycles. The van der Waals surface area contributed by atoms with Gasteiger partial charge in [0.05, 0.1) is 10.7 Å². The third-order valence-electron chi connectivity index (χ3n) is 5.01. The molecule has 0 spiro atoms. The molecule has 27 heavy (non-hydrogen) atoms. The van der Waals surface area contributed by atoms with E-state index >= 15 is 0 Å². The van der Waals surface area contributed by atoms with E-state index in [1.54, 1.807) is 11.3 Å². The quantitative estimate of drug-likeness (QED) is 0.619. The average Bonchev–Trinajstić information content (AvgIpc) is 3.36. The first-order valence-corrected chi connectivity index (χ1v) is 10.4. The first kappa shape index (κ1) is 18.2. The number of aromatic nitrogens is 1. The number of nitrogens with one attached hydrogen (secondary N) is 1. The summed E-state index contributed by atoms with van der Waals surface area (Å²) >= 11 is 7.90. The number of amides is 1. The van der Waals surface area contributed by atoms with Crippen molar-refractivity contribution < 1.29 is 4.79 Å². The van der Waals surface area contributed by atoms with Crippen LogP contribution in [0.15, 0.2) is 53.9 Å². The lowest BCUT2D eigenvalue weighted by Crippen LogP contribution is -2.27. The molecule has 2 unspecified atom stereocenters. The molecule has 3 nitrogen and oxygen atoms in total. The van der Waals surface area contributed by atoms with Gasteiger partial charge in [-0.2, -0.15) is 0 Å². The largest absolute Gasteiger partial charge is 0.356 e. The van der Waals surface area contributed by atoms with E-state index < -0.39 is 0 Å². The van der Waals surface area contributed by atoms with Gasteiger partial charge in [0.25, 0.3) is 0 Å². The van der Waals surface area contributed by atoms with Crippen molar-refractivity contribution in [3.8, 4) is 11.3 Å². The van der Waals surface area contributed by atoms with Gasteiger partial charge >= 0.3 is 0 Å². The highest BCUT2D eigenvalue weighted by Gasteiger charge is 2.44. The predicted molar refractivity (Wildman–Crippen MR) is 111 cm³/mol. The molecule has 1 saturated carbocycles. The van der Waals surface area contributed by atoms with Crippen LogP contribution in [-0.4, -0.2) is 17.4 Å². The van der Waals surface area contributed by atoms with Crippen molar-refractivity contribution in [3.05, 3.63) is 75.1 Å². The molecule has 4 rings (SSSR count). The fraction of sp³-hybridized carbons (Fsp3) is 0.273. The van der Waals surface area contributed by atoms with Gasteiger partial charge in [-0.3, -0.25) is 4.79 Å². The van der Waals surface area contributed by atoms with E-state index in [1.165, 1.54) is 5.56 Å². The summed E-state index contributed by atoms with van der Waals surface area (Å²) in [6, 6.07) is 16.2. The molecular weight excluding hydrogens is 376 g/mol. The van der Waals surface area contributed by atoms with Gasteiger partial charge < -0.3 is 5.32 Å². The van der Waals surface area contributed by atoms with Crippen LogP contribution in [0.3, 0.4) is 0 Å². The Kier molecular flexibility index (Phi) is 5.28. The van der Waals surface area contributed by atoms with Crippen LogP contribution in [0.2, 0.25) is 5.02 Å². The van der Waals surface area contributed by atoms with E-state index in [-0.39, 0.29) is 17.7 Å². The molecule has 1 N–H and O–H groups in total. The predicted octanol–water partition coefficient (Wildman–Crippen LogP) is 5.23. The molecule has 1 aromatic heterocycles. The maximum atomic E-state index is 12.4. The Bertz CT molecular complexity index is 951. The second-order valence-electron chi connectivity index (χ2n) is 6.96. The molecule has 1 amide bonds. The van der Waals surface area contributed by atoms with E-state index in [2.05, 4.69) is 39.9 Å². The highest BCUT2D eigenvalue weighted by Crippen LogP contribution is 2.49. The molecular formula is C22H21ClN2OS. The van der Waals surface area contributed by atoms with Gasteiger partial charge in [-0.15, -0.1) is 11.3 Å². The first-order chi connectivity index (χ1) is 13.1. The number of halogens is 1. The van der Waals surface area contributed by atoms with Crippen LogP contribution in [0.1, 0.15) is 28.5 Å². The summed E-state index contributed by atoms with van der Waals surface area (Å²) in [6.07, 6.45) is 1.71. The number of hydrogen-bond acceptors (Lipinski definition) is 3. The zero-order chi connectivity index (χ0) is 18.8. The van der Waals surface area contributed by atoms with Gasteiger partial charge in [0.15, 0.2) is 0 Å². The number of benzene rings is 2. The third-order valence-corrected chi connectivity index (χ3v) is 6.13. The number of hydrogen-bond donors (Lipinski definition) is 1. The van der Waals surface area contributed by atoms with Crippen molar-refractivity contribution in [3.63, 3.8) is 0 Å². The van der Waals surface area contributed by atoms with Gasteiger partial charge in [-0.1, -0.05) is 54.1 Å². The van der Waals surface area contributed by atoms with E-state index in [9.17, 15) is 4.79 Å². The fourth-order valence-corrected chi connectivity index (χ4v) is 4.30. The molecule has 1 aliphatic carbocycles. The summed E-state index contributed by atoms with van der Waals surface area (Å²) in [5.74, 6) is 0.453. The van der Waals surface area contributed by atoms with Crippen molar-refractivity contribution in [1.82, 2.24) is 10.3 Å². The lowest BCUT2D eigenvalue weighted by Gasteiger charge is -2.07. The van der Waals surface area contributed by atoms with E-state index in [0.717, 1.165) is 39.7 Å². The summed E-state index contributed by atoms with van der Waals surface area (Å²) in [6.45, 7) is 2.67. The molecule has 2 aromatic carbocycles. The van der Waals surface area contributed by atoms with Gasteiger partial charge in [0.1, 0.15) is 0 Å². The minimum Gasteiger partial charge on any atom is -0.356 e. The summed E-state index contributed by atoms with van der Waals surface area (Å²) in [7, 11) is 0. The molecule has 3 aromatic rings. The Morgan fingerprint density at radius 3 is 2.70 bits per heavy atom. The number of rotatable bonds is 6.